The Hall–Kier alpha value is -3.72. The second kappa shape index (κ2) is 10.3. The molecule has 3 amide bonds. The molecule has 9 nitrogen and oxygen atoms in total. The lowest BCUT2D eigenvalue weighted by molar-refractivity contribution is -0.126. The smallest absolute Gasteiger partial charge is 0.258 e. The van der Waals surface area contributed by atoms with Gasteiger partial charge in [-0.3, -0.25) is 24.7 Å². The standard InChI is InChI=1S/C25H27ClN6O3/c1-4-22(34)31-10-6-5-7-19(14-31)32-23-20(26)12-18(28-16(3)33)13-21(23)29-25(32)30-24(35)17-8-9-27-15(2)11-17/h4,8-9,11-13,19H,1,5-7,10,14H2,2-3H3,(H,28,33)(H,29,30,35)/t19-/m1/s1. The molecule has 1 aromatic carbocycles. The molecule has 1 saturated heterocycles. The van der Waals surface area contributed by atoms with Gasteiger partial charge in [-0.25, -0.2) is 4.98 Å². The number of aromatic nitrogens is 3. The third-order valence-electron chi connectivity index (χ3n) is 5.94. The summed E-state index contributed by atoms with van der Waals surface area (Å²) in [6.07, 6.45) is 5.42. The Morgan fingerprint density at radius 2 is 2.00 bits per heavy atom. The molecule has 3 aromatic rings. The summed E-state index contributed by atoms with van der Waals surface area (Å²) < 4.78 is 1.90. The first-order chi connectivity index (χ1) is 16.8. The van der Waals surface area contributed by atoms with E-state index in [2.05, 4.69) is 27.2 Å². The highest BCUT2D eigenvalue weighted by Crippen LogP contribution is 2.36. The summed E-state index contributed by atoms with van der Waals surface area (Å²) >= 11 is 6.69. The molecule has 0 spiro atoms. The summed E-state index contributed by atoms with van der Waals surface area (Å²) in [5.41, 5.74) is 2.82. The van der Waals surface area contributed by atoms with Crippen LogP contribution in [0, 0.1) is 6.92 Å². The lowest BCUT2D eigenvalue weighted by atomic mass is 10.1. The van der Waals surface area contributed by atoms with Crippen LogP contribution in [0.5, 0.6) is 0 Å². The van der Waals surface area contributed by atoms with E-state index in [9.17, 15) is 14.4 Å². The summed E-state index contributed by atoms with van der Waals surface area (Å²) in [5, 5.41) is 6.03. The van der Waals surface area contributed by atoms with E-state index in [1.807, 2.05) is 11.5 Å². The van der Waals surface area contributed by atoms with E-state index >= 15 is 0 Å². The monoisotopic (exact) mass is 494 g/mol. The molecule has 182 valence electrons. The number of imidazole rings is 1. The SMILES string of the molecule is C=CC(=O)N1CCCC[C@@H](n2c(NC(=O)c3ccnc(C)c3)nc3cc(NC(C)=O)cc(Cl)c32)C1. The predicted molar refractivity (Wildman–Crippen MR) is 136 cm³/mol. The fraction of sp³-hybridized carbons (Fsp3) is 0.320. The Labute approximate surface area is 208 Å². The van der Waals surface area contributed by atoms with Crippen molar-refractivity contribution in [3.05, 3.63) is 59.4 Å². The molecule has 4 rings (SSSR count). The number of likely N-dealkylation sites (tertiary alicyclic amines) is 1. The van der Waals surface area contributed by atoms with Gasteiger partial charge in [-0.1, -0.05) is 18.2 Å². The van der Waals surface area contributed by atoms with E-state index < -0.39 is 0 Å². The predicted octanol–water partition coefficient (Wildman–Crippen LogP) is 4.34. The number of amides is 3. The number of pyridine rings is 1. The van der Waals surface area contributed by atoms with Crippen LogP contribution in [0.1, 0.15) is 48.3 Å². The molecule has 3 heterocycles. The third kappa shape index (κ3) is 5.35. The summed E-state index contributed by atoms with van der Waals surface area (Å²) in [5.74, 6) is -0.390. The van der Waals surface area contributed by atoms with Crippen molar-refractivity contribution in [3.8, 4) is 0 Å². The minimum atomic E-state index is -0.335. The Balaban J connectivity index is 1.82. The van der Waals surface area contributed by atoms with Gasteiger partial charge in [0.25, 0.3) is 5.91 Å². The molecule has 2 N–H and O–H groups in total. The molecule has 1 fully saturated rings. The zero-order valence-electron chi connectivity index (χ0n) is 19.7. The molecular formula is C25H27ClN6O3. The average molecular weight is 495 g/mol. The van der Waals surface area contributed by atoms with Crippen LogP contribution in [0.4, 0.5) is 11.6 Å². The van der Waals surface area contributed by atoms with Crippen molar-refractivity contribution in [3.63, 3.8) is 0 Å². The molecule has 35 heavy (non-hydrogen) atoms. The minimum Gasteiger partial charge on any atom is -0.337 e. The Bertz CT molecular complexity index is 1320. The molecule has 1 aliphatic heterocycles. The number of benzene rings is 1. The number of carbonyl (C=O) groups excluding carboxylic acids is 3. The zero-order valence-corrected chi connectivity index (χ0v) is 20.4. The first kappa shape index (κ1) is 24.4. The van der Waals surface area contributed by atoms with Gasteiger partial charge in [-0.15, -0.1) is 0 Å². The molecule has 0 unspecified atom stereocenters. The van der Waals surface area contributed by atoms with Crippen LogP contribution >= 0.6 is 11.6 Å². The maximum atomic E-state index is 13.1. The number of fused-ring (bicyclic) bond motifs is 1. The average Bonchev–Trinajstić information content (AvgIpc) is 2.99. The van der Waals surface area contributed by atoms with Crippen LogP contribution in [0.25, 0.3) is 11.0 Å². The van der Waals surface area contributed by atoms with Crippen molar-refractivity contribution in [2.24, 2.45) is 0 Å². The topological polar surface area (TPSA) is 109 Å². The van der Waals surface area contributed by atoms with Gasteiger partial charge in [0.2, 0.25) is 17.8 Å². The largest absolute Gasteiger partial charge is 0.337 e. The lowest BCUT2D eigenvalue weighted by Gasteiger charge is -2.26. The number of anilines is 2. The first-order valence-electron chi connectivity index (χ1n) is 11.4. The number of rotatable bonds is 5. The van der Waals surface area contributed by atoms with Gasteiger partial charge in [0.05, 0.1) is 22.1 Å². The second-order valence-corrected chi connectivity index (χ2v) is 9.00. The van der Waals surface area contributed by atoms with Crippen molar-refractivity contribution < 1.29 is 14.4 Å². The summed E-state index contributed by atoms with van der Waals surface area (Å²) in [7, 11) is 0. The van der Waals surface area contributed by atoms with Crippen LogP contribution < -0.4 is 10.6 Å². The summed E-state index contributed by atoms with van der Waals surface area (Å²) in [4.78, 5) is 47.7. The van der Waals surface area contributed by atoms with Crippen LogP contribution in [0.3, 0.4) is 0 Å². The number of hydrogen-bond acceptors (Lipinski definition) is 5. The van der Waals surface area contributed by atoms with Gasteiger partial charge in [-0.05, 0) is 56.5 Å². The number of nitrogens with zero attached hydrogens (tertiary/aromatic N) is 4. The second-order valence-electron chi connectivity index (χ2n) is 8.59. The number of nitrogens with one attached hydrogen (secondary N) is 2. The molecular weight excluding hydrogens is 468 g/mol. The molecule has 10 heteroatoms. The van der Waals surface area contributed by atoms with E-state index in [0.29, 0.717) is 46.3 Å². The first-order valence-corrected chi connectivity index (χ1v) is 11.8. The van der Waals surface area contributed by atoms with Gasteiger partial charge < -0.3 is 14.8 Å². The normalized spacial score (nSPS) is 16.0. The molecule has 0 aliphatic carbocycles. The van der Waals surface area contributed by atoms with Crippen LogP contribution in [-0.2, 0) is 9.59 Å². The van der Waals surface area contributed by atoms with Gasteiger partial charge in [0, 0.05) is 43.2 Å². The van der Waals surface area contributed by atoms with E-state index in [0.717, 1.165) is 25.0 Å². The van der Waals surface area contributed by atoms with Crippen LogP contribution in [-0.4, -0.2) is 50.2 Å². The third-order valence-corrected chi connectivity index (χ3v) is 6.23. The van der Waals surface area contributed by atoms with E-state index in [1.54, 1.807) is 35.4 Å². The van der Waals surface area contributed by atoms with Crippen molar-refractivity contribution >= 4 is 52.0 Å². The van der Waals surface area contributed by atoms with Crippen LogP contribution in [0.15, 0.2) is 43.1 Å². The lowest BCUT2D eigenvalue weighted by Crippen LogP contribution is -2.34. The Kier molecular flexibility index (Phi) is 7.16. The zero-order chi connectivity index (χ0) is 25.1. The summed E-state index contributed by atoms with van der Waals surface area (Å²) in [6.45, 7) is 7.90. The maximum Gasteiger partial charge on any atom is 0.258 e. The van der Waals surface area contributed by atoms with Gasteiger partial charge in [0.15, 0.2) is 0 Å². The van der Waals surface area contributed by atoms with Crippen LogP contribution in [0.2, 0.25) is 5.02 Å². The van der Waals surface area contributed by atoms with E-state index in [1.165, 1.54) is 13.0 Å². The van der Waals surface area contributed by atoms with Crippen molar-refractivity contribution in [2.45, 2.75) is 39.2 Å². The molecule has 0 radical (unpaired) electrons. The molecule has 1 aliphatic rings. The van der Waals surface area contributed by atoms with Crippen molar-refractivity contribution in [1.82, 2.24) is 19.4 Å². The number of halogens is 1. The molecule has 1 atom stereocenters. The number of hydrogen-bond donors (Lipinski definition) is 2. The molecule has 0 bridgehead atoms. The highest BCUT2D eigenvalue weighted by Gasteiger charge is 2.28. The van der Waals surface area contributed by atoms with Crippen molar-refractivity contribution in [2.75, 3.05) is 23.7 Å². The minimum absolute atomic E-state index is 0.141. The molecule has 0 saturated carbocycles. The number of carbonyl (C=O) groups is 3. The highest BCUT2D eigenvalue weighted by atomic mass is 35.5. The van der Waals surface area contributed by atoms with Gasteiger partial charge >= 0.3 is 0 Å². The molecule has 2 aromatic heterocycles. The Morgan fingerprint density at radius 3 is 2.71 bits per heavy atom. The summed E-state index contributed by atoms with van der Waals surface area (Å²) in [6, 6.07) is 6.53. The number of aryl methyl sites for hydroxylation is 1. The maximum absolute atomic E-state index is 13.1. The van der Waals surface area contributed by atoms with Crippen molar-refractivity contribution in [1.29, 1.82) is 0 Å². The fourth-order valence-electron chi connectivity index (χ4n) is 4.42. The van der Waals surface area contributed by atoms with Gasteiger partial charge in [0.1, 0.15) is 0 Å². The Morgan fingerprint density at radius 1 is 1.20 bits per heavy atom. The van der Waals surface area contributed by atoms with E-state index in [4.69, 9.17) is 11.6 Å². The van der Waals surface area contributed by atoms with Gasteiger partial charge in [-0.2, -0.15) is 0 Å². The highest BCUT2D eigenvalue weighted by molar-refractivity contribution is 6.35. The fourth-order valence-corrected chi connectivity index (χ4v) is 4.73. The quantitative estimate of drug-likeness (QED) is 0.513. The van der Waals surface area contributed by atoms with E-state index in [-0.39, 0.29) is 23.8 Å².